The molecule has 2 atom stereocenters. The normalized spacial score (nSPS) is 39.2. The highest BCUT2D eigenvalue weighted by molar-refractivity contribution is 5.03. The fourth-order valence-corrected chi connectivity index (χ4v) is 5.43. The standard InChI is InChI=1S/C22H32F4O/c1-2-15-3-5-16(6-4-15)19-11-12-21(27-14-19)18-9-7-17(8-10-18)20(23)13-22(24,25)26/h2,13,15-19,21H,1,3-12,14H2. The second-order valence-electron chi connectivity index (χ2n) is 8.80. The van der Waals surface area contributed by atoms with Gasteiger partial charge in [-0.25, -0.2) is 4.39 Å². The summed E-state index contributed by atoms with van der Waals surface area (Å²) in [7, 11) is 0. The third-order valence-electron chi connectivity index (χ3n) is 7.15. The molecule has 0 aromatic heterocycles. The smallest absolute Gasteiger partial charge is 0.378 e. The zero-order valence-electron chi connectivity index (χ0n) is 16.0. The summed E-state index contributed by atoms with van der Waals surface area (Å²) >= 11 is 0. The lowest BCUT2D eigenvalue weighted by atomic mass is 9.72. The topological polar surface area (TPSA) is 9.23 Å². The minimum absolute atomic E-state index is 0.166. The van der Waals surface area contributed by atoms with Gasteiger partial charge in [0.2, 0.25) is 0 Å². The molecule has 154 valence electrons. The molecular weight excluding hydrogens is 356 g/mol. The van der Waals surface area contributed by atoms with Gasteiger partial charge in [-0.2, -0.15) is 13.2 Å². The van der Waals surface area contributed by atoms with Gasteiger partial charge in [0.15, 0.2) is 0 Å². The van der Waals surface area contributed by atoms with Crippen molar-refractivity contribution in [3.63, 3.8) is 0 Å². The van der Waals surface area contributed by atoms with Crippen LogP contribution < -0.4 is 0 Å². The van der Waals surface area contributed by atoms with E-state index in [1.165, 1.54) is 32.1 Å². The van der Waals surface area contributed by atoms with Crippen LogP contribution in [0, 0.1) is 29.6 Å². The van der Waals surface area contributed by atoms with Crippen molar-refractivity contribution >= 4 is 0 Å². The highest BCUT2D eigenvalue weighted by atomic mass is 19.4. The summed E-state index contributed by atoms with van der Waals surface area (Å²) in [6.45, 7) is 4.73. The van der Waals surface area contributed by atoms with E-state index < -0.39 is 17.9 Å². The van der Waals surface area contributed by atoms with E-state index in [1.807, 2.05) is 0 Å². The van der Waals surface area contributed by atoms with E-state index in [1.54, 1.807) is 0 Å². The third kappa shape index (κ3) is 5.82. The number of halogens is 4. The van der Waals surface area contributed by atoms with Crippen molar-refractivity contribution < 1.29 is 22.3 Å². The van der Waals surface area contributed by atoms with Crippen LogP contribution in [0.15, 0.2) is 24.6 Å². The maximum Gasteiger partial charge on any atom is 0.412 e. The molecule has 2 unspecified atom stereocenters. The lowest BCUT2D eigenvalue weighted by Gasteiger charge is -2.41. The van der Waals surface area contributed by atoms with Crippen LogP contribution in [0.3, 0.4) is 0 Å². The Hall–Kier alpha value is -0.840. The van der Waals surface area contributed by atoms with Gasteiger partial charge in [0, 0.05) is 5.92 Å². The molecule has 0 aromatic carbocycles. The van der Waals surface area contributed by atoms with Crippen molar-refractivity contribution in [2.24, 2.45) is 29.6 Å². The number of alkyl halides is 3. The number of allylic oxidation sites excluding steroid dienone is 3. The zero-order chi connectivity index (χ0) is 19.4. The van der Waals surface area contributed by atoms with Crippen molar-refractivity contribution in [3.8, 4) is 0 Å². The molecular formula is C22H32F4O. The molecule has 2 aliphatic carbocycles. The third-order valence-corrected chi connectivity index (χ3v) is 7.15. The highest BCUT2D eigenvalue weighted by Gasteiger charge is 2.36. The van der Waals surface area contributed by atoms with E-state index in [2.05, 4.69) is 12.7 Å². The number of ether oxygens (including phenoxy) is 1. The Balaban J connectivity index is 1.41. The SMILES string of the molecule is C=CC1CCC(C2CCC(C3CCC(C(F)=CC(F)(F)F)CC3)OC2)CC1. The number of hydrogen-bond acceptors (Lipinski definition) is 1. The molecule has 0 bridgehead atoms. The Morgan fingerprint density at radius 3 is 1.93 bits per heavy atom. The lowest BCUT2D eigenvalue weighted by molar-refractivity contribution is -0.0832. The molecule has 3 aliphatic rings. The van der Waals surface area contributed by atoms with Gasteiger partial charge in [-0.3, -0.25) is 0 Å². The summed E-state index contributed by atoms with van der Waals surface area (Å²) in [5.41, 5.74) is 0. The number of hydrogen-bond donors (Lipinski definition) is 0. The van der Waals surface area contributed by atoms with Crippen molar-refractivity contribution in [3.05, 3.63) is 24.6 Å². The fraction of sp³-hybridized carbons (Fsp3) is 0.818. The molecule has 0 N–H and O–H groups in total. The average Bonchev–Trinajstić information content (AvgIpc) is 2.67. The van der Waals surface area contributed by atoms with Crippen LogP contribution in [-0.4, -0.2) is 18.9 Å². The fourth-order valence-electron chi connectivity index (χ4n) is 5.43. The van der Waals surface area contributed by atoms with E-state index in [4.69, 9.17) is 4.74 Å². The van der Waals surface area contributed by atoms with Crippen LogP contribution in [0.2, 0.25) is 0 Å². The van der Waals surface area contributed by atoms with E-state index in [0.717, 1.165) is 31.8 Å². The first kappa shape index (κ1) is 20.9. The minimum atomic E-state index is -4.56. The predicted octanol–water partition coefficient (Wildman–Crippen LogP) is 7.00. The Bertz CT molecular complexity index is 503. The molecule has 1 saturated heterocycles. The van der Waals surface area contributed by atoms with Gasteiger partial charge < -0.3 is 4.74 Å². The molecule has 5 heteroatoms. The highest BCUT2D eigenvalue weighted by Crippen LogP contribution is 2.42. The van der Waals surface area contributed by atoms with Crippen molar-refractivity contribution in [1.29, 1.82) is 0 Å². The molecule has 0 amide bonds. The van der Waals surface area contributed by atoms with Gasteiger partial charge in [0.05, 0.1) is 18.8 Å². The largest absolute Gasteiger partial charge is 0.412 e. The molecule has 0 aromatic rings. The van der Waals surface area contributed by atoms with Gasteiger partial charge in [0.25, 0.3) is 0 Å². The average molecular weight is 388 g/mol. The first-order valence-electron chi connectivity index (χ1n) is 10.5. The number of rotatable bonds is 4. The Morgan fingerprint density at radius 1 is 0.815 bits per heavy atom. The molecule has 0 spiro atoms. The van der Waals surface area contributed by atoms with Crippen LogP contribution >= 0.6 is 0 Å². The van der Waals surface area contributed by atoms with Gasteiger partial charge in [-0.1, -0.05) is 6.08 Å². The Morgan fingerprint density at radius 2 is 1.41 bits per heavy atom. The predicted molar refractivity (Wildman–Crippen MR) is 98.8 cm³/mol. The van der Waals surface area contributed by atoms with Crippen molar-refractivity contribution in [2.45, 2.75) is 76.5 Å². The zero-order valence-corrected chi connectivity index (χ0v) is 16.0. The molecule has 3 rings (SSSR count). The maximum atomic E-state index is 13.8. The van der Waals surface area contributed by atoms with Crippen LogP contribution in [0.1, 0.15) is 64.2 Å². The van der Waals surface area contributed by atoms with E-state index in [0.29, 0.717) is 30.6 Å². The summed E-state index contributed by atoms with van der Waals surface area (Å²) in [5, 5.41) is 0. The quantitative estimate of drug-likeness (QED) is 0.372. The lowest BCUT2D eigenvalue weighted by Crippen LogP contribution is -2.37. The van der Waals surface area contributed by atoms with Crippen LogP contribution in [0.4, 0.5) is 17.6 Å². The van der Waals surface area contributed by atoms with Gasteiger partial charge >= 0.3 is 6.18 Å². The summed E-state index contributed by atoms with van der Waals surface area (Å²) in [6.07, 6.45) is 7.37. The first-order chi connectivity index (χ1) is 12.9. The molecule has 1 heterocycles. The summed E-state index contributed by atoms with van der Waals surface area (Å²) in [4.78, 5) is 0. The molecule has 3 fully saturated rings. The second kappa shape index (κ2) is 9.11. The monoisotopic (exact) mass is 388 g/mol. The first-order valence-corrected chi connectivity index (χ1v) is 10.5. The van der Waals surface area contributed by atoms with Crippen LogP contribution in [-0.2, 0) is 4.74 Å². The van der Waals surface area contributed by atoms with E-state index in [9.17, 15) is 17.6 Å². The minimum Gasteiger partial charge on any atom is -0.378 e. The molecule has 0 radical (unpaired) electrons. The maximum absolute atomic E-state index is 13.8. The summed E-state index contributed by atoms with van der Waals surface area (Å²) in [5.74, 6) is 0.896. The Kier molecular flexibility index (Phi) is 7.04. The molecule has 1 aliphatic heterocycles. The van der Waals surface area contributed by atoms with Gasteiger partial charge in [0.1, 0.15) is 5.83 Å². The van der Waals surface area contributed by atoms with Gasteiger partial charge in [-0.05, 0) is 87.9 Å². The van der Waals surface area contributed by atoms with Gasteiger partial charge in [-0.15, -0.1) is 6.58 Å². The Labute approximate surface area is 160 Å². The molecule has 1 nitrogen and oxygen atoms in total. The summed E-state index contributed by atoms with van der Waals surface area (Å²) in [6, 6.07) is 0. The summed E-state index contributed by atoms with van der Waals surface area (Å²) < 4.78 is 56.9. The second-order valence-corrected chi connectivity index (χ2v) is 8.80. The van der Waals surface area contributed by atoms with Crippen molar-refractivity contribution in [1.82, 2.24) is 0 Å². The van der Waals surface area contributed by atoms with Crippen LogP contribution in [0.5, 0.6) is 0 Å². The van der Waals surface area contributed by atoms with E-state index >= 15 is 0 Å². The van der Waals surface area contributed by atoms with Crippen LogP contribution in [0.25, 0.3) is 0 Å². The van der Waals surface area contributed by atoms with Crippen molar-refractivity contribution in [2.75, 3.05) is 6.61 Å². The molecule has 27 heavy (non-hydrogen) atoms. The molecule has 2 saturated carbocycles. The van der Waals surface area contributed by atoms with E-state index in [-0.39, 0.29) is 12.2 Å².